The Kier molecular flexibility index (Phi) is 6.76. The molecule has 30 heavy (non-hydrogen) atoms. The first kappa shape index (κ1) is 21.0. The molecule has 4 rings (SSSR count). The van der Waals surface area contributed by atoms with Gasteiger partial charge in [0, 0.05) is 41.0 Å². The van der Waals surface area contributed by atoms with Gasteiger partial charge < -0.3 is 10.1 Å². The predicted octanol–water partition coefficient (Wildman–Crippen LogP) is 4.13. The van der Waals surface area contributed by atoms with Crippen molar-refractivity contribution in [2.45, 2.75) is 22.6 Å². The summed E-state index contributed by atoms with van der Waals surface area (Å²) in [4.78, 5) is 25.9. The second-order valence-electron chi connectivity index (χ2n) is 6.59. The molecule has 3 aromatic rings. The molecule has 0 bridgehead atoms. The third kappa shape index (κ3) is 5.06. The number of hydrogen-bond donors (Lipinski definition) is 1. The number of rotatable bonds is 7. The van der Waals surface area contributed by atoms with E-state index in [1.54, 1.807) is 18.6 Å². The molecule has 6 nitrogen and oxygen atoms in total. The van der Waals surface area contributed by atoms with Gasteiger partial charge in [0.05, 0.1) is 23.0 Å². The maximum atomic E-state index is 12.2. The van der Waals surface area contributed by atoms with E-state index in [1.165, 1.54) is 23.5 Å². The van der Waals surface area contributed by atoms with Crippen LogP contribution in [0.1, 0.15) is 5.56 Å². The van der Waals surface area contributed by atoms with E-state index >= 15 is 0 Å². The van der Waals surface area contributed by atoms with Gasteiger partial charge in [-0.3, -0.25) is 9.78 Å². The molecule has 1 aliphatic rings. The molecule has 154 valence electrons. The third-order valence-electron chi connectivity index (χ3n) is 4.51. The van der Waals surface area contributed by atoms with Crippen molar-refractivity contribution < 1.29 is 9.53 Å². The van der Waals surface area contributed by atoms with Gasteiger partial charge in [-0.25, -0.2) is 9.97 Å². The Balaban J connectivity index is 1.36. The van der Waals surface area contributed by atoms with E-state index in [1.807, 2.05) is 30.5 Å². The summed E-state index contributed by atoms with van der Waals surface area (Å²) < 4.78 is 5.99. The number of nitrogens with one attached hydrogen (secondary N) is 1. The molecule has 1 N–H and O–H groups in total. The fourth-order valence-corrected chi connectivity index (χ4v) is 4.46. The molecular weight excluding hydrogens is 440 g/mol. The number of hydrogen-bond acceptors (Lipinski definition) is 7. The van der Waals surface area contributed by atoms with Gasteiger partial charge in [0.1, 0.15) is 11.9 Å². The zero-order valence-corrected chi connectivity index (χ0v) is 18.6. The molecule has 1 aliphatic heterocycles. The molecule has 0 unspecified atom stereocenters. The Labute approximate surface area is 188 Å². The molecule has 0 saturated heterocycles. The minimum absolute atomic E-state index is 0.0336. The molecule has 0 aliphatic carbocycles. The number of amides is 1. The fraction of sp³-hybridized carbons (Fsp3) is 0.238. The quantitative estimate of drug-likeness (QED) is 0.421. The molecule has 3 heterocycles. The minimum Gasteiger partial charge on any atom is -0.486 e. The summed E-state index contributed by atoms with van der Waals surface area (Å²) in [7, 11) is 0. The minimum atomic E-state index is -0.144. The zero-order valence-electron chi connectivity index (χ0n) is 16.2. The molecule has 1 atom stereocenters. The number of fused-ring (bicyclic) bond motifs is 1. The number of halogens is 1. The van der Waals surface area contributed by atoms with Crippen molar-refractivity contribution in [3.05, 3.63) is 59.5 Å². The van der Waals surface area contributed by atoms with Gasteiger partial charge in [-0.1, -0.05) is 23.4 Å². The van der Waals surface area contributed by atoms with E-state index < -0.39 is 0 Å². The smallest absolute Gasteiger partial charge is 0.230 e. The van der Waals surface area contributed by atoms with Gasteiger partial charge in [0.25, 0.3) is 0 Å². The van der Waals surface area contributed by atoms with Crippen LogP contribution in [0.2, 0.25) is 5.02 Å². The van der Waals surface area contributed by atoms with Crippen LogP contribution in [0, 0.1) is 0 Å². The first-order chi connectivity index (χ1) is 14.6. The van der Waals surface area contributed by atoms with Gasteiger partial charge in [-0.15, -0.1) is 11.8 Å². The Morgan fingerprint density at radius 1 is 1.27 bits per heavy atom. The van der Waals surface area contributed by atoms with Crippen molar-refractivity contribution in [1.82, 2.24) is 20.3 Å². The molecule has 0 fully saturated rings. The summed E-state index contributed by atoms with van der Waals surface area (Å²) in [6.07, 6.45) is 7.65. The highest BCUT2D eigenvalue weighted by Crippen LogP contribution is 2.39. The second-order valence-corrected chi connectivity index (χ2v) is 8.82. The number of nitrogens with zero attached hydrogens (tertiary/aromatic N) is 3. The summed E-state index contributed by atoms with van der Waals surface area (Å²) >= 11 is 9.44. The number of pyridine rings is 1. The number of aromatic nitrogens is 3. The molecule has 0 spiro atoms. The van der Waals surface area contributed by atoms with Gasteiger partial charge in [0.15, 0.2) is 5.16 Å². The van der Waals surface area contributed by atoms with Crippen LogP contribution in [-0.2, 0) is 11.2 Å². The van der Waals surface area contributed by atoms with Crippen molar-refractivity contribution in [3.8, 4) is 17.0 Å². The van der Waals surface area contributed by atoms with Crippen LogP contribution < -0.4 is 10.1 Å². The summed E-state index contributed by atoms with van der Waals surface area (Å²) in [5.41, 5.74) is 2.77. The third-order valence-corrected chi connectivity index (χ3v) is 6.37. The van der Waals surface area contributed by atoms with E-state index in [-0.39, 0.29) is 12.0 Å². The maximum Gasteiger partial charge on any atom is 0.230 e. The molecule has 0 saturated carbocycles. The van der Waals surface area contributed by atoms with Crippen molar-refractivity contribution >= 4 is 41.0 Å². The lowest BCUT2D eigenvalue weighted by Gasteiger charge is -2.12. The van der Waals surface area contributed by atoms with Crippen molar-refractivity contribution in [2.75, 3.05) is 18.6 Å². The van der Waals surface area contributed by atoms with Crippen molar-refractivity contribution in [1.29, 1.82) is 0 Å². The van der Waals surface area contributed by atoms with Gasteiger partial charge >= 0.3 is 0 Å². The van der Waals surface area contributed by atoms with Crippen LogP contribution in [-0.4, -0.2) is 45.5 Å². The number of carbonyl (C=O) groups excluding carboxylic acids is 1. The second kappa shape index (κ2) is 9.68. The molecule has 1 amide bonds. The molecule has 9 heteroatoms. The average Bonchev–Trinajstić information content (AvgIpc) is 3.21. The van der Waals surface area contributed by atoms with E-state index in [2.05, 4.69) is 26.3 Å². The van der Waals surface area contributed by atoms with Crippen LogP contribution in [0.25, 0.3) is 11.3 Å². The topological polar surface area (TPSA) is 77.0 Å². The number of carbonyl (C=O) groups is 1. The Morgan fingerprint density at radius 3 is 2.90 bits per heavy atom. The monoisotopic (exact) mass is 458 g/mol. The lowest BCUT2D eigenvalue weighted by Crippen LogP contribution is -2.35. The lowest BCUT2D eigenvalue weighted by molar-refractivity contribution is -0.118. The lowest BCUT2D eigenvalue weighted by atomic mass is 10.0. The van der Waals surface area contributed by atoms with E-state index in [9.17, 15) is 4.79 Å². The van der Waals surface area contributed by atoms with Crippen LogP contribution in [0.4, 0.5) is 0 Å². The highest BCUT2D eigenvalue weighted by molar-refractivity contribution is 8.00. The van der Waals surface area contributed by atoms with Gasteiger partial charge in [-0.2, -0.15) is 0 Å². The highest BCUT2D eigenvalue weighted by Gasteiger charge is 2.26. The van der Waals surface area contributed by atoms with E-state index in [4.69, 9.17) is 16.3 Å². The fourth-order valence-electron chi connectivity index (χ4n) is 3.11. The normalized spacial score (nSPS) is 14.8. The summed E-state index contributed by atoms with van der Waals surface area (Å²) in [6, 6.07) is 9.54. The predicted molar refractivity (Wildman–Crippen MR) is 120 cm³/mol. The average molecular weight is 459 g/mol. The molecule has 0 radical (unpaired) electrons. The van der Waals surface area contributed by atoms with Crippen molar-refractivity contribution in [2.24, 2.45) is 0 Å². The van der Waals surface area contributed by atoms with Gasteiger partial charge in [0.2, 0.25) is 5.91 Å². The van der Waals surface area contributed by atoms with Crippen LogP contribution in [0.15, 0.2) is 59.0 Å². The maximum absolute atomic E-state index is 12.2. The van der Waals surface area contributed by atoms with Crippen LogP contribution >= 0.6 is 35.1 Å². The molecule has 1 aromatic carbocycles. The van der Waals surface area contributed by atoms with Gasteiger partial charge in [-0.05, 0) is 36.6 Å². The van der Waals surface area contributed by atoms with E-state index in [0.29, 0.717) is 34.6 Å². The molecule has 2 aromatic heterocycles. The first-order valence-corrected chi connectivity index (χ1v) is 11.9. The number of benzene rings is 1. The Bertz CT molecular complexity index is 1050. The highest BCUT2D eigenvalue weighted by atomic mass is 35.5. The van der Waals surface area contributed by atoms with Crippen molar-refractivity contribution in [3.63, 3.8) is 0 Å². The number of thioether (sulfide) groups is 2. The van der Waals surface area contributed by atoms with E-state index in [0.717, 1.165) is 21.7 Å². The zero-order chi connectivity index (χ0) is 20.9. The largest absolute Gasteiger partial charge is 0.486 e. The van der Waals surface area contributed by atoms with Crippen LogP contribution in [0.5, 0.6) is 5.75 Å². The standard InChI is InChI=1S/C21H19ClN4O2S2/c1-29-21-24-7-4-18(26-21)13-8-14-9-15(28-20(14)17(22)10-13)11-25-19(27)12-30-16-2-5-23-6-3-16/h2-8,10,15H,9,11-12H2,1H3,(H,25,27)/t15-/m0/s1. The van der Waals surface area contributed by atoms with Crippen LogP contribution in [0.3, 0.4) is 0 Å². The SMILES string of the molecule is CSc1nccc(-c2cc(Cl)c3c(c2)C[C@@H](CNC(=O)CSc2ccncc2)O3)n1. The first-order valence-electron chi connectivity index (χ1n) is 9.28. The Morgan fingerprint density at radius 2 is 2.10 bits per heavy atom. The summed E-state index contributed by atoms with van der Waals surface area (Å²) in [6.45, 7) is 0.431. The summed E-state index contributed by atoms with van der Waals surface area (Å²) in [5, 5.41) is 4.21. The number of ether oxygens (including phenoxy) is 1. The Hall–Kier alpha value is -2.29. The summed E-state index contributed by atoms with van der Waals surface area (Å²) in [5.74, 6) is 0.999. The molecular formula is C21H19ClN4O2S2.